The van der Waals surface area contributed by atoms with Gasteiger partial charge >= 0.3 is 0 Å². The van der Waals surface area contributed by atoms with Crippen LogP contribution in [-0.4, -0.2) is 78.9 Å². The summed E-state index contributed by atoms with van der Waals surface area (Å²) in [7, 11) is 0. The van der Waals surface area contributed by atoms with E-state index in [0.717, 1.165) is 37.8 Å². The molecule has 0 bridgehead atoms. The largest absolute Gasteiger partial charge is 0.371 e. The molecule has 5 heterocycles. The van der Waals surface area contributed by atoms with Crippen LogP contribution in [0.3, 0.4) is 0 Å². The van der Waals surface area contributed by atoms with Crippen LogP contribution in [0.1, 0.15) is 54.4 Å². The second kappa shape index (κ2) is 8.09. The van der Waals surface area contributed by atoms with Gasteiger partial charge in [-0.1, -0.05) is 0 Å². The third-order valence-corrected chi connectivity index (χ3v) is 8.83. The second-order valence-electron chi connectivity index (χ2n) is 10.6. The van der Waals surface area contributed by atoms with Gasteiger partial charge in [0, 0.05) is 56.4 Å². The quantitative estimate of drug-likeness (QED) is 0.670. The normalized spacial score (nSPS) is 28.1. The Balaban J connectivity index is 1.09. The zero-order valence-corrected chi connectivity index (χ0v) is 19.1. The summed E-state index contributed by atoms with van der Waals surface area (Å²) in [6, 6.07) is 6.34. The Bertz CT molecular complexity index is 972. The average Bonchev–Trinajstić information content (AvgIpc) is 3.10. The van der Waals surface area contributed by atoms with Gasteiger partial charge in [0.15, 0.2) is 0 Å². The molecule has 0 saturated carbocycles. The van der Waals surface area contributed by atoms with E-state index in [4.69, 9.17) is 0 Å². The van der Waals surface area contributed by atoms with Crippen LogP contribution < -0.4 is 15.5 Å². The van der Waals surface area contributed by atoms with Crippen molar-refractivity contribution in [2.75, 3.05) is 44.2 Å². The summed E-state index contributed by atoms with van der Waals surface area (Å²) in [5.41, 5.74) is 3.36. The monoisotopic (exact) mass is 451 g/mol. The minimum absolute atomic E-state index is 0.0999. The maximum atomic E-state index is 13.0. The number of carbonyl (C=O) groups is 3. The molecule has 1 aromatic carbocycles. The van der Waals surface area contributed by atoms with Crippen LogP contribution >= 0.6 is 0 Å². The van der Waals surface area contributed by atoms with E-state index >= 15 is 0 Å². The lowest BCUT2D eigenvalue weighted by molar-refractivity contribution is -0.136. The summed E-state index contributed by atoms with van der Waals surface area (Å²) < 4.78 is 0. The number of nitrogens with zero attached hydrogens (tertiary/aromatic N) is 3. The van der Waals surface area contributed by atoms with E-state index < -0.39 is 6.04 Å². The molecule has 4 fully saturated rings. The van der Waals surface area contributed by atoms with Crippen LogP contribution in [0.5, 0.6) is 0 Å². The Morgan fingerprint density at radius 2 is 1.67 bits per heavy atom. The third-order valence-electron chi connectivity index (χ3n) is 8.83. The van der Waals surface area contributed by atoms with Crippen LogP contribution in [0.25, 0.3) is 0 Å². The zero-order valence-electron chi connectivity index (χ0n) is 19.1. The predicted molar refractivity (Wildman–Crippen MR) is 124 cm³/mol. The van der Waals surface area contributed by atoms with E-state index in [0.29, 0.717) is 23.9 Å². The minimum Gasteiger partial charge on any atom is -0.371 e. The summed E-state index contributed by atoms with van der Waals surface area (Å²) in [5.74, 6) is -0.707. The molecule has 2 N–H and O–H groups in total. The summed E-state index contributed by atoms with van der Waals surface area (Å²) in [4.78, 5) is 43.5. The van der Waals surface area contributed by atoms with Crippen LogP contribution in [0, 0.1) is 5.41 Å². The van der Waals surface area contributed by atoms with Gasteiger partial charge in [-0.05, 0) is 74.4 Å². The number of hydrogen-bond acceptors (Lipinski definition) is 6. The van der Waals surface area contributed by atoms with Gasteiger partial charge in [0.25, 0.3) is 5.91 Å². The van der Waals surface area contributed by atoms with Crippen molar-refractivity contribution in [2.45, 2.75) is 57.2 Å². The van der Waals surface area contributed by atoms with E-state index in [9.17, 15) is 14.4 Å². The average molecular weight is 452 g/mol. The van der Waals surface area contributed by atoms with Crippen LogP contribution in [0.4, 0.5) is 5.69 Å². The first kappa shape index (κ1) is 21.1. The molecule has 8 heteroatoms. The predicted octanol–water partition coefficient (Wildman–Crippen LogP) is 1.10. The van der Waals surface area contributed by atoms with Crippen molar-refractivity contribution in [2.24, 2.45) is 5.41 Å². The van der Waals surface area contributed by atoms with Gasteiger partial charge in [0.1, 0.15) is 6.04 Å². The lowest BCUT2D eigenvalue weighted by atomic mass is 9.71. The Morgan fingerprint density at radius 1 is 0.939 bits per heavy atom. The number of benzene rings is 1. The van der Waals surface area contributed by atoms with Crippen LogP contribution in [0.2, 0.25) is 0 Å². The van der Waals surface area contributed by atoms with Gasteiger partial charge in [-0.15, -0.1) is 0 Å². The van der Waals surface area contributed by atoms with Gasteiger partial charge in [0.2, 0.25) is 11.8 Å². The van der Waals surface area contributed by atoms with Crippen molar-refractivity contribution in [1.29, 1.82) is 0 Å². The molecule has 6 rings (SSSR count). The molecule has 33 heavy (non-hydrogen) atoms. The molecule has 0 aliphatic carbocycles. The number of piperidine rings is 3. The molecule has 1 unspecified atom stereocenters. The molecule has 0 radical (unpaired) electrons. The van der Waals surface area contributed by atoms with E-state index in [1.165, 1.54) is 44.5 Å². The highest BCUT2D eigenvalue weighted by Crippen LogP contribution is 2.43. The maximum absolute atomic E-state index is 13.0. The topological polar surface area (TPSA) is 85.0 Å². The van der Waals surface area contributed by atoms with Crippen LogP contribution in [0.15, 0.2) is 18.2 Å². The van der Waals surface area contributed by atoms with Gasteiger partial charge in [-0.2, -0.15) is 0 Å². The van der Waals surface area contributed by atoms with Crippen molar-refractivity contribution in [3.63, 3.8) is 0 Å². The molecule has 1 aromatic rings. The number of carbonyl (C=O) groups excluding carboxylic acids is 3. The minimum atomic E-state index is -0.553. The van der Waals surface area contributed by atoms with Gasteiger partial charge in [-0.3, -0.25) is 24.6 Å². The van der Waals surface area contributed by atoms with E-state index in [1.54, 1.807) is 4.90 Å². The summed E-state index contributed by atoms with van der Waals surface area (Å²) in [5, 5.41) is 5.77. The van der Waals surface area contributed by atoms with Gasteiger partial charge in [0.05, 0.1) is 0 Å². The molecule has 0 aromatic heterocycles. The molecule has 8 nitrogen and oxygen atoms in total. The fourth-order valence-corrected chi connectivity index (χ4v) is 6.39. The first-order valence-corrected chi connectivity index (χ1v) is 12.5. The zero-order chi connectivity index (χ0) is 22.6. The molecule has 176 valence electrons. The Kier molecular flexibility index (Phi) is 5.18. The number of fused-ring (bicyclic) bond motifs is 1. The third kappa shape index (κ3) is 3.73. The molecule has 4 saturated heterocycles. The summed E-state index contributed by atoms with van der Waals surface area (Å²) in [6.45, 7) is 7.36. The highest BCUT2D eigenvalue weighted by molar-refractivity contribution is 6.05. The fourth-order valence-electron chi connectivity index (χ4n) is 6.39. The first-order chi connectivity index (χ1) is 16.0. The number of nitrogens with one attached hydrogen (secondary N) is 2. The highest BCUT2D eigenvalue weighted by atomic mass is 16.2. The van der Waals surface area contributed by atoms with Crippen molar-refractivity contribution >= 4 is 23.4 Å². The fraction of sp³-hybridized carbons (Fsp3) is 0.640. The molecule has 5 aliphatic heterocycles. The van der Waals surface area contributed by atoms with Gasteiger partial charge in [-0.25, -0.2) is 0 Å². The standard InChI is InChI=1S/C25H33N5O3/c31-22-4-3-21(23(32)27-22)30-16-17-13-18(1-2-20(17)24(30)33)28-9-5-25(6-10-28)7-11-29(12-8-25)19-14-26-15-19/h1-2,13,19,21,26H,3-12,14-16H2,(H,27,31,32). The maximum Gasteiger partial charge on any atom is 0.255 e. The lowest BCUT2D eigenvalue weighted by Crippen LogP contribution is -2.60. The first-order valence-electron chi connectivity index (χ1n) is 12.5. The Hall–Kier alpha value is -2.45. The molecule has 3 amide bonds. The summed E-state index contributed by atoms with van der Waals surface area (Å²) in [6.07, 6.45) is 5.80. The Labute approximate surface area is 194 Å². The number of anilines is 1. The number of imide groups is 1. The number of hydrogen-bond donors (Lipinski definition) is 2. The SMILES string of the molecule is O=C1CCC(N2Cc3cc(N4CCC5(CC4)CCN(C4CNC4)CC5)ccc3C2=O)C(=O)N1. The highest BCUT2D eigenvalue weighted by Gasteiger charge is 2.41. The number of likely N-dealkylation sites (tertiary alicyclic amines) is 1. The molecule has 1 atom stereocenters. The van der Waals surface area contributed by atoms with E-state index in [-0.39, 0.29) is 24.1 Å². The van der Waals surface area contributed by atoms with Crippen molar-refractivity contribution in [1.82, 2.24) is 20.4 Å². The van der Waals surface area contributed by atoms with E-state index in [2.05, 4.69) is 32.6 Å². The lowest BCUT2D eigenvalue weighted by Gasteiger charge is -2.50. The number of rotatable bonds is 3. The molecular formula is C25H33N5O3. The van der Waals surface area contributed by atoms with Gasteiger partial charge < -0.3 is 15.1 Å². The summed E-state index contributed by atoms with van der Waals surface area (Å²) >= 11 is 0. The Morgan fingerprint density at radius 3 is 2.33 bits per heavy atom. The molecule has 5 aliphatic rings. The van der Waals surface area contributed by atoms with Crippen molar-refractivity contribution < 1.29 is 14.4 Å². The molecular weight excluding hydrogens is 418 g/mol. The molecule has 1 spiro atoms. The van der Waals surface area contributed by atoms with Crippen molar-refractivity contribution in [3.05, 3.63) is 29.3 Å². The van der Waals surface area contributed by atoms with Crippen molar-refractivity contribution in [3.8, 4) is 0 Å². The van der Waals surface area contributed by atoms with Crippen LogP contribution in [-0.2, 0) is 16.1 Å². The van der Waals surface area contributed by atoms with E-state index in [1.807, 2.05) is 6.07 Å². The second-order valence-corrected chi connectivity index (χ2v) is 10.6. The smallest absolute Gasteiger partial charge is 0.255 e. The number of amides is 3.